The summed E-state index contributed by atoms with van der Waals surface area (Å²) in [6, 6.07) is -1.14. The summed E-state index contributed by atoms with van der Waals surface area (Å²) in [6.45, 7) is 5.45. The van der Waals surface area contributed by atoms with Crippen molar-refractivity contribution in [2.75, 3.05) is 20.1 Å². The Labute approximate surface area is 153 Å². The number of carbonyl (C=O) groups excluding carboxylic acids is 4. The number of hydrogen-bond acceptors (Lipinski definition) is 5. The zero-order chi connectivity index (χ0) is 19.7. The van der Waals surface area contributed by atoms with Gasteiger partial charge in [-0.15, -0.1) is 0 Å². The lowest BCUT2D eigenvalue weighted by atomic mass is 9.79. The van der Waals surface area contributed by atoms with Gasteiger partial charge in [-0.3, -0.25) is 19.7 Å². The fourth-order valence-electron chi connectivity index (χ4n) is 3.89. The second kappa shape index (κ2) is 7.22. The number of imide groups is 1. The van der Waals surface area contributed by atoms with E-state index in [1.165, 1.54) is 9.80 Å². The first kappa shape index (κ1) is 20.2. The number of rotatable bonds is 5. The number of piperidine rings is 1. The number of carbonyl (C=O) groups is 4. The fourth-order valence-corrected chi connectivity index (χ4v) is 3.89. The van der Waals surface area contributed by atoms with E-state index in [1.807, 2.05) is 0 Å². The SMILES string of the molecule is CCC(=O)C1(CCN2C(=O)N(C)C(C)(C)C2=O)CCCCN1C(=O)NO. The fraction of sp³-hybridized carbons (Fsp3) is 0.765. The van der Waals surface area contributed by atoms with Crippen LogP contribution >= 0.6 is 0 Å². The number of amides is 5. The number of urea groups is 2. The van der Waals surface area contributed by atoms with Crippen LogP contribution < -0.4 is 5.48 Å². The number of ketones is 1. The van der Waals surface area contributed by atoms with E-state index in [4.69, 9.17) is 5.21 Å². The highest BCUT2D eigenvalue weighted by atomic mass is 16.5. The second-order valence-electron chi connectivity index (χ2n) is 7.44. The lowest BCUT2D eigenvalue weighted by Gasteiger charge is -2.46. The van der Waals surface area contributed by atoms with Gasteiger partial charge in [0.25, 0.3) is 5.91 Å². The summed E-state index contributed by atoms with van der Waals surface area (Å²) in [7, 11) is 1.57. The molecule has 146 valence electrons. The highest BCUT2D eigenvalue weighted by Crippen LogP contribution is 2.35. The molecule has 2 aliphatic heterocycles. The zero-order valence-electron chi connectivity index (χ0n) is 15.9. The Kier molecular flexibility index (Phi) is 5.60. The van der Waals surface area contributed by atoms with Crippen LogP contribution in [0.2, 0.25) is 0 Å². The van der Waals surface area contributed by atoms with Gasteiger partial charge in [-0.05, 0) is 39.5 Å². The van der Waals surface area contributed by atoms with E-state index in [0.717, 1.165) is 17.7 Å². The molecule has 2 heterocycles. The number of nitrogens with zero attached hydrogens (tertiary/aromatic N) is 3. The third-order valence-corrected chi connectivity index (χ3v) is 5.79. The van der Waals surface area contributed by atoms with Crippen LogP contribution in [-0.2, 0) is 9.59 Å². The molecule has 0 aromatic rings. The summed E-state index contributed by atoms with van der Waals surface area (Å²) in [6.07, 6.45) is 2.32. The highest BCUT2D eigenvalue weighted by Gasteiger charge is 2.52. The highest BCUT2D eigenvalue weighted by molar-refractivity contribution is 6.06. The minimum Gasteiger partial charge on any atom is -0.313 e. The Morgan fingerprint density at radius 3 is 2.38 bits per heavy atom. The van der Waals surface area contributed by atoms with E-state index in [1.54, 1.807) is 33.3 Å². The number of hydroxylamine groups is 1. The normalized spacial score (nSPS) is 25.7. The third-order valence-electron chi connectivity index (χ3n) is 5.79. The van der Waals surface area contributed by atoms with Gasteiger partial charge in [0.05, 0.1) is 0 Å². The molecule has 0 aliphatic carbocycles. The van der Waals surface area contributed by atoms with E-state index in [0.29, 0.717) is 13.0 Å². The minimum absolute atomic E-state index is 0.0480. The molecule has 2 fully saturated rings. The van der Waals surface area contributed by atoms with Gasteiger partial charge >= 0.3 is 12.1 Å². The van der Waals surface area contributed by atoms with E-state index < -0.39 is 23.1 Å². The van der Waals surface area contributed by atoms with Gasteiger partial charge in [0.2, 0.25) is 0 Å². The van der Waals surface area contributed by atoms with Crippen molar-refractivity contribution in [3.8, 4) is 0 Å². The van der Waals surface area contributed by atoms with Crippen molar-refractivity contribution in [2.45, 2.75) is 64.0 Å². The quantitative estimate of drug-likeness (QED) is 0.432. The maximum atomic E-state index is 12.8. The molecule has 1 atom stereocenters. The number of likely N-dealkylation sites (N-methyl/N-ethyl adjacent to an activating group) is 1. The van der Waals surface area contributed by atoms with Gasteiger partial charge in [0.1, 0.15) is 11.1 Å². The van der Waals surface area contributed by atoms with Crippen molar-refractivity contribution in [1.29, 1.82) is 0 Å². The van der Waals surface area contributed by atoms with Gasteiger partial charge in [-0.2, -0.15) is 0 Å². The molecule has 1 unspecified atom stereocenters. The van der Waals surface area contributed by atoms with Crippen LogP contribution in [0.3, 0.4) is 0 Å². The molecule has 0 saturated carbocycles. The van der Waals surface area contributed by atoms with Crippen molar-refractivity contribution in [1.82, 2.24) is 20.2 Å². The van der Waals surface area contributed by atoms with Gasteiger partial charge in [-0.25, -0.2) is 15.1 Å². The summed E-state index contributed by atoms with van der Waals surface area (Å²) in [5.41, 5.74) is -0.443. The van der Waals surface area contributed by atoms with Crippen LogP contribution in [-0.4, -0.2) is 74.9 Å². The molecule has 0 radical (unpaired) electrons. The molecule has 0 spiro atoms. The molecule has 2 rings (SSSR count). The molecule has 0 aromatic carbocycles. The Morgan fingerprint density at radius 1 is 1.23 bits per heavy atom. The average molecular weight is 368 g/mol. The van der Waals surface area contributed by atoms with Gasteiger partial charge < -0.3 is 9.80 Å². The van der Waals surface area contributed by atoms with Crippen molar-refractivity contribution in [3.63, 3.8) is 0 Å². The van der Waals surface area contributed by atoms with Crippen molar-refractivity contribution >= 4 is 23.8 Å². The summed E-state index contributed by atoms with van der Waals surface area (Å²) in [5, 5.41) is 9.06. The van der Waals surface area contributed by atoms with Crippen LogP contribution in [0.1, 0.15) is 52.9 Å². The predicted molar refractivity (Wildman–Crippen MR) is 92.5 cm³/mol. The van der Waals surface area contributed by atoms with Crippen LogP contribution in [0.25, 0.3) is 0 Å². The monoisotopic (exact) mass is 368 g/mol. The number of likely N-dealkylation sites (tertiary alicyclic amines) is 1. The van der Waals surface area contributed by atoms with Gasteiger partial charge in [0.15, 0.2) is 5.78 Å². The molecule has 2 N–H and O–H groups in total. The molecule has 9 nitrogen and oxygen atoms in total. The van der Waals surface area contributed by atoms with Crippen molar-refractivity contribution in [3.05, 3.63) is 0 Å². The van der Waals surface area contributed by atoms with Crippen LogP contribution in [0.15, 0.2) is 0 Å². The molecular weight excluding hydrogens is 340 g/mol. The Hall–Kier alpha value is -2.16. The van der Waals surface area contributed by atoms with E-state index in [9.17, 15) is 19.2 Å². The average Bonchev–Trinajstić information content (AvgIpc) is 2.79. The van der Waals surface area contributed by atoms with Gasteiger partial charge in [0, 0.05) is 26.6 Å². The molecule has 5 amide bonds. The summed E-state index contributed by atoms with van der Waals surface area (Å²) in [4.78, 5) is 53.8. The lowest BCUT2D eigenvalue weighted by molar-refractivity contribution is -0.135. The van der Waals surface area contributed by atoms with Crippen LogP contribution in [0.5, 0.6) is 0 Å². The molecule has 26 heavy (non-hydrogen) atoms. The maximum Gasteiger partial charge on any atom is 0.341 e. The van der Waals surface area contributed by atoms with E-state index >= 15 is 0 Å². The van der Waals surface area contributed by atoms with Crippen LogP contribution in [0.4, 0.5) is 9.59 Å². The summed E-state index contributed by atoms with van der Waals surface area (Å²) in [5.74, 6) is -0.453. The second-order valence-corrected chi connectivity index (χ2v) is 7.44. The number of nitrogens with one attached hydrogen (secondary N) is 1. The molecule has 9 heteroatoms. The van der Waals surface area contributed by atoms with Crippen molar-refractivity contribution in [2.24, 2.45) is 0 Å². The maximum absolute atomic E-state index is 12.8. The zero-order valence-corrected chi connectivity index (χ0v) is 15.9. The molecule has 0 aromatic heterocycles. The topological polar surface area (TPSA) is 110 Å². The molecular formula is C17H28N4O5. The number of hydrogen-bond donors (Lipinski definition) is 2. The Balaban J connectivity index is 2.29. The molecule has 2 aliphatic rings. The molecule has 0 bridgehead atoms. The van der Waals surface area contributed by atoms with Crippen LogP contribution in [0, 0.1) is 0 Å². The molecule has 2 saturated heterocycles. The predicted octanol–water partition coefficient (Wildman–Crippen LogP) is 1.35. The van der Waals surface area contributed by atoms with E-state index in [2.05, 4.69) is 0 Å². The lowest BCUT2D eigenvalue weighted by Crippen LogP contribution is -2.62. The van der Waals surface area contributed by atoms with Gasteiger partial charge in [-0.1, -0.05) is 6.92 Å². The Morgan fingerprint density at radius 2 is 1.88 bits per heavy atom. The standard InChI is InChI=1S/C17H28N4O5/c1-5-12(22)17(8-6-7-10-21(17)14(24)18-26)9-11-20-13(23)16(2,3)19(4)15(20)25/h26H,5-11H2,1-4H3,(H,18,24). The first-order chi connectivity index (χ1) is 12.1. The minimum atomic E-state index is -1.12. The first-order valence-electron chi connectivity index (χ1n) is 8.98. The largest absolute Gasteiger partial charge is 0.341 e. The van der Waals surface area contributed by atoms with E-state index in [-0.39, 0.29) is 31.1 Å². The number of Topliss-reactive ketones (excluding diaryl/α,β-unsaturated/α-hetero) is 1. The summed E-state index contributed by atoms with van der Waals surface area (Å²) >= 11 is 0. The Bertz CT molecular complexity index is 620. The first-order valence-corrected chi connectivity index (χ1v) is 8.98. The summed E-state index contributed by atoms with van der Waals surface area (Å²) < 4.78 is 0. The third kappa shape index (κ3) is 3.04. The van der Waals surface area contributed by atoms with Crippen molar-refractivity contribution < 1.29 is 24.4 Å². The smallest absolute Gasteiger partial charge is 0.313 e.